The maximum atomic E-state index is 13.6. The fraction of sp³-hybridized carbons (Fsp3) is 0.417. The molecule has 1 heterocycles. The van der Waals surface area contributed by atoms with Crippen molar-refractivity contribution in [1.82, 2.24) is 4.90 Å². The van der Waals surface area contributed by atoms with Gasteiger partial charge in [0.25, 0.3) is 0 Å². The number of rotatable bonds is 5. The van der Waals surface area contributed by atoms with Gasteiger partial charge in [0.15, 0.2) is 0 Å². The van der Waals surface area contributed by atoms with Crippen molar-refractivity contribution in [3.8, 4) is 0 Å². The number of amides is 1. The lowest BCUT2D eigenvalue weighted by Crippen LogP contribution is -2.55. The molecule has 4 nitrogen and oxygen atoms in total. The largest absolute Gasteiger partial charge is 0.481 e. The van der Waals surface area contributed by atoms with Crippen LogP contribution in [0.4, 0.5) is 4.39 Å². The molecule has 29 heavy (non-hydrogen) atoms. The van der Waals surface area contributed by atoms with Crippen molar-refractivity contribution in [1.29, 1.82) is 0 Å². The smallest absolute Gasteiger partial charge is 0.314 e. The molecule has 1 saturated heterocycles. The standard InChI is InChI=1S/C24H26FNO3/c25-20-9-4-6-18(16-20)17-23(10-5-11-23)21(27)26-14-12-24(13-15-26,22(28)29)19-7-2-1-3-8-19/h1-4,6-9,16H,5,10-15,17H2,(H,28,29). The quantitative estimate of drug-likeness (QED) is 0.826. The normalized spacial score (nSPS) is 20.0. The highest BCUT2D eigenvalue weighted by Gasteiger charge is 2.49. The van der Waals surface area contributed by atoms with Gasteiger partial charge in [0.2, 0.25) is 5.91 Å². The number of halogens is 1. The van der Waals surface area contributed by atoms with Gasteiger partial charge in [-0.1, -0.05) is 48.9 Å². The lowest BCUT2D eigenvalue weighted by Gasteiger charge is -2.47. The number of likely N-dealkylation sites (tertiary alicyclic amines) is 1. The van der Waals surface area contributed by atoms with Gasteiger partial charge in [-0.25, -0.2) is 4.39 Å². The van der Waals surface area contributed by atoms with Crippen LogP contribution in [0.25, 0.3) is 0 Å². The van der Waals surface area contributed by atoms with Gasteiger partial charge in [0.05, 0.1) is 10.8 Å². The Hall–Kier alpha value is -2.69. The Labute approximate surface area is 170 Å². The highest BCUT2D eigenvalue weighted by atomic mass is 19.1. The molecular formula is C24H26FNO3. The van der Waals surface area contributed by atoms with E-state index in [1.54, 1.807) is 6.07 Å². The minimum Gasteiger partial charge on any atom is -0.481 e. The SMILES string of the molecule is O=C(N1CCC(C(=O)O)(c2ccccc2)CC1)C1(Cc2cccc(F)c2)CCC1. The van der Waals surface area contributed by atoms with Crippen LogP contribution in [0.5, 0.6) is 0 Å². The first-order chi connectivity index (χ1) is 14.0. The van der Waals surface area contributed by atoms with Crippen molar-refractivity contribution >= 4 is 11.9 Å². The van der Waals surface area contributed by atoms with E-state index in [1.165, 1.54) is 12.1 Å². The molecule has 0 bridgehead atoms. The number of hydrogen-bond acceptors (Lipinski definition) is 2. The Morgan fingerprint density at radius 3 is 2.21 bits per heavy atom. The van der Waals surface area contributed by atoms with Crippen molar-refractivity contribution in [2.75, 3.05) is 13.1 Å². The van der Waals surface area contributed by atoms with Gasteiger partial charge in [-0.2, -0.15) is 0 Å². The van der Waals surface area contributed by atoms with E-state index in [0.29, 0.717) is 32.4 Å². The number of carbonyl (C=O) groups is 2. The summed E-state index contributed by atoms with van der Waals surface area (Å²) in [4.78, 5) is 27.4. The second-order valence-electron chi connectivity index (χ2n) is 8.49. The van der Waals surface area contributed by atoms with Crippen LogP contribution in [0.3, 0.4) is 0 Å². The van der Waals surface area contributed by atoms with E-state index in [4.69, 9.17) is 0 Å². The summed E-state index contributed by atoms with van der Waals surface area (Å²) < 4.78 is 13.6. The maximum absolute atomic E-state index is 13.6. The summed E-state index contributed by atoms with van der Waals surface area (Å²) in [6, 6.07) is 15.8. The van der Waals surface area contributed by atoms with Gasteiger partial charge in [0.1, 0.15) is 5.82 Å². The van der Waals surface area contributed by atoms with Gasteiger partial charge in [-0.15, -0.1) is 0 Å². The highest BCUT2D eigenvalue weighted by Crippen LogP contribution is 2.46. The second-order valence-corrected chi connectivity index (χ2v) is 8.49. The van der Waals surface area contributed by atoms with E-state index in [2.05, 4.69) is 0 Å². The van der Waals surface area contributed by atoms with E-state index in [1.807, 2.05) is 41.3 Å². The molecule has 0 aromatic heterocycles. The van der Waals surface area contributed by atoms with E-state index < -0.39 is 16.8 Å². The minimum atomic E-state index is -0.937. The van der Waals surface area contributed by atoms with E-state index >= 15 is 0 Å². The second kappa shape index (κ2) is 7.62. The molecule has 1 N–H and O–H groups in total. The Bertz CT molecular complexity index is 899. The number of benzene rings is 2. The third-order valence-electron chi connectivity index (χ3n) is 6.84. The molecule has 2 fully saturated rings. The Balaban J connectivity index is 1.50. The predicted octanol–water partition coefficient (Wildman–Crippen LogP) is 4.18. The average molecular weight is 395 g/mol. The molecule has 2 aromatic rings. The van der Waals surface area contributed by atoms with Crippen LogP contribution in [0.1, 0.15) is 43.2 Å². The lowest BCUT2D eigenvalue weighted by atomic mass is 9.64. The third kappa shape index (κ3) is 3.54. The summed E-state index contributed by atoms with van der Waals surface area (Å²) in [6.07, 6.45) is 3.98. The number of nitrogens with zero attached hydrogens (tertiary/aromatic N) is 1. The number of carbonyl (C=O) groups excluding carboxylic acids is 1. The monoisotopic (exact) mass is 395 g/mol. The summed E-state index contributed by atoms with van der Waals surface area (Å²) >= 11 is 0. The van der Waals surface area contributed by atoms with Crippen molar-refractivity contribution in [2.45, 2.75) is 43.9 Å². The van der Waals surface area contributed by atoms with Gasteiger partial charge < -0.3 is 10.0 Å². The fourth-order valence-electron chi connectivity index (χ4n) is 4.92. The van der Waals surface area contributed by atoms with Crippen LogP contribution in [-0.2, 0) is 21.4 Å². The lowest BCUT2D eigenvalue weighted by molar-refractivity contribution is -0.154. The van der Waals surface area contributed by atoms with Crippen LogP contribution >= 0.6 is 0 Å². The molecule has 0 atom stereocenters. The van der Waals surface area contributed by atoms with Crippen LogP contribution in [0, 0.1) is 11.2 Å². The zero-order valence-corrected chi connectivity index (χ0v) is 16.4. The van der Waals surface area contributed by atoms with E-state index in [9.17, 15) is 19.1 Å². The Morgan fingerprint density at radius 2 is 1.66 bits per heavy atom. The summed E-state index contributed by atoms with van der Waals surface area (Å²) in [5, 5.41) is 9.97. The van der Waals surface area contributed by atoms with Crippen LogP contribution in [0.15, 0.2) is 54.6 Å². The summed E-state index contributed by atoms with van der Waals surface area (Å²) in [5.41, 5.74) is 0.244. The Morgan fingerprint density at radius 1 is 0.966 bits per heavy atom. The minimum absolute atomic E-state index is 0.0973. The first-order valence-corrected chi connectivity index (χ1v) is 10.3. The van der Waals surface area contributed by atoms with Crippen LogP contribution in [-0.4, -0.2) is 35.0 Å². The van der Waals surface area contributed by atoms with Gasteiger partial charge in [0, 0.05) is 13.1 Å². The molecule has 5 heteroatoms. The number of piperidine rings is 1. The fourth-order valence-corrected chi connectivity index (χ4v) is 4.92. The van der Waals surface area contributed by atoms with Gasteiger partial charge in [-0.3, -0.25) is 9.59 Å². The zero-order chi connectivity index (χ0) is 20.5. The van der Waals surface area contributed by atoms with Crippen molar-refractivity contribution in [3.63, 3.8) is 0 Å². The average Bonchev–Trinajstić information content (AvgIpc) is 2.71. The first kappa shape index (κ1) is 19.6. The highest BCUT2D eigenvalue weighted by molar-refractivity contribution is 5.86. The van der Waals surface area contributed by atoms with E-state index in [-0.39, 0.29) is 11.7 Å². The maximum Gasteiger partial charge on any atom is 0.314 e. The topological polar surface area (TPSA) is 57.6 Å². The molecule has 0 unspecified atom stereocenters. The third-order valence-corrected chi connectivity index (χ3v) is 6.84. The summed E-state index contributed by atoms with van der Waals surface area (Å²) in [5.74, 6) is -1.01. The Kier molecular flexibility index (Phi) is 5.15. The number of aliphatic carboxylic acids is 1. The molecule has 1 aliphatic carbocycles. The molecule has 2 aliphatic rings. The van der Waals surface area contributed by atoms with Crippen molar-refractivity contribution < 1.29 is 19.1 Å². The van der Waals surface area contributed by atoms with Crippen LogP contribution in [0.2, 0.25) is 0 Å². The van der Waals surface area contributed by atoms with Gasteiger partial charge >= 0.3 is 5.97 Å². The molecular weight excluding hydrogens is 369 g/mol. The van der Waals surface area contributed by atoms with Gasteiger partial charge in [-0.05, 0) is 55.4 Å². The molecule has 1 amide bonds. The van der Waals surface area contributed by atoms with Crippen molar-refractivity contribution in [2.24, 2.45) is 5.41 Å². The predicted molar refractivity (Wildman–Crippen MR) is 108 cm³/mol. The molecule has 0 radical (unpaired) electrons. The molecule has 1 saturated carbocycles. The summed E-state index contributed by atoms with van der Waals surface area (Å²) in [7, 11) is 0. The molecule has 4 rings (SSSR count). The first-order valence-electron chi connectivity index (χ1n) is 10.3. The summed E-state index contributed by atoms with van der Waals surface area (Å²) in [6.45, 7) is 0.871. The number of carboxylic acids is 1. The number of hydrogen-bond donors (Lipinski definition) is 1. The molecule has 152 valence electrons. The molecule has 0 spiro atoms. The van der Waals surface area contributed by atoms with Crippen LogP contribution < -0.4 is 0 Å². The van der Waals surface area contributed by atoms with E-state index in [0.717, 1.165) is 30.4 Å². The molecule has 2 aromatic carbocycles. The zero-order valence-electron chi connectivity index (χ0n) is 16.4. The van der Waals surface area contributed by atoms with Crippen molar-refractivity contribution in [3.05, 3.63) is 71.5 Å². The molecule has 1 aliphatic heterocycles. The number of carboxylic acid groups (broad SMARTS) is 1.